The Bertz CT molecular complexity index is 2370. The molecule has 182 valence electrons. The maximum absolute atomic E-state index is 6.14. The molecule has 0 atom stereocenters. The van der Waals surface area contributed by atoms with E-state index in [1.54, 1.807) is 42.3 Å². The largest absolute Gasteiger partial charge is 0.435 e. The van der Waals surface area contributed by atoms with Gasteiger partial charge in [-0.25, -0.2) is 24.9 Å². The third-order valence-corrected chi connectivity index (χ3v) is 8.05. The number of pyridine rings is 5. The molecule has 0 saturated heterocycles. The average molecular weight is 523 g/mol. The van der Waals surface area contributed by atoms with E-state index < -0.39 is 0 Å². The van der Waals surface area contributed by atoms with Crippen LogP contribution in [0.1, 0.15) is 0 Å². The molecule has 0 aliphatic heterocycles. The van der Waals surface area contributed by atoms with Gasteiger partial charge in [-0.2, -0.15) is 0 Å². The molecule has 9 heterocycles. The van der Waals surface area contributed by atoms with Gasteiger partial charge >= 0.3 is 0 Å². The average Bonchev–Trinajstić information content (AvgIpc) is 3.66. The van der Waals surface area contributed by atoms with Crippen LogP contribution >= 0.6 is 11.3 Å². The molecule has 0 fully saturated rings. The number of rotatable bonds is 2. The van der Waals surface area contributed by atoms with Crippen LogP contribution in [0.2, 0.25) is 0 Å². The standard InChI is InChI=1S/C29H14N8OS/c1-3-18-17-5-8-31-22(25(17)38-27(18)34-7-1)15-11-19-20-12-16(14-36-29(20)39-28(19)35-13-15)37-21-4-2-6-30-23(21)24-26(37)33-10-9-32-24/h1-14H. The van der Waals surface area contributed by atoms with Crippen molar-refractivity contribution in [2.45, 2.75) is 0 Å². The molecular weight excluding hydrogens is 508 g/mol. The highest BCUT2D eigenvalue weighted by molar-refractivity contribution is 7.25. The molecular formula is C29H14N8OS. The van der Waals surface area contributed by atoms with Gasteiger partial charge in [0.2, 0.25) is 5.71 Å². The Kier molecular flexibility index (Phi) is 4.02. The van der Waals surface area contributed by atoms with E-state index in [1.165, 1.54) is 0 Å². The van der Waals surface area contributed by atoms with E-state index in [0.717, 1.165) is 70.3 Å². The third kappa shape index (κ3) is 2.85. The molecule has 9 nitrogen and oxygen atoms in total. The monoisotopic (exact) mass is 522 g/mol. The minimum atomic E-state index is 0.592. The molecule has 9 aromatic heterocycles. The highest BCUT2D eigenvalue weighted by Crippen LogP contribution is 2.38. The fourth-order valence-corrected chi connectivity index (χ4v) is 6.28. The van der Waals surface area contributed by atoms with Crippen molar-refractivity contribution in [2.75, 3.05) is 0 Å². The molecule has 9 rings (SSSR count). The zero-order valence-electron chi connectivity index (χ0n) is 20.0. The van der Waals surface area contributed by atoms with E-state index in [1.807, 2.05) is 42.7 Å². The molecule has 0 unspecified atom stereocenters. The fourth-order valence-electron chi connectivity index (χ4n) is 5.32. The molecule has 10 heteroatoms. The van der Waals surface area contributed by atoms with Gasteiger partial charge in [-0.15, -0.1) is 0 Å². The second kappa shape index (κ2) is 7.59. The summed E-state index contributed by atoms with van der Waals surface area (Å²) in [6.07, 6.45) is 12.4. The Morgan fingerprint density at radius 2 is 1.46 bits per heavy atom. The summed E-state index contributed by atoms with van der Waals surface area (Å²) in [4.78, 5) is 34.2. The molecule has 0 amide bonds. The third-order valence-electron chi connectivity index (χ3n) is 7.01. The van der Waals surface area contributed by atoms with Crippen LogP contribution in [0.5, 0.6) is 0 Å². The first-order valence-corrected chi connectivity index (χ1v) is 13.0. The minimum Gasteiger partial charge on any atom is -0.435 e. The summed E-state index contributed by atoms with van der Waals surface area (Å²) in [5.74, 6) is 0. The Morgan fingerprint density at radius 1 is 0.641 bits per heavy atom. The van der Waals surface area contributed by atoms with Crippen molar-refractivity contribution < 1.29 is 4.42 Å². The fraction of sp³-hybridized carbons (Fsp3) is 0. The van der Waals surface area contributed by atoms with Crippen LogP contribution in [0.4, 0.5) is 0 Å². The lowest BCUT2D eigenvalue weighted by molar-refractivity contribution is 0.653. The molecule has 0 aliphatic rings. The smallest absolute Gasteiger partial charge is 0.227 e. The molecule has 0 aromatic carbocycles. The number of aromatic nitrogens is 8. The molecule has 0 saturated carbocycles. The van der Waals surface area contributed by atoms with Crippen molar-refractivity contribution in [1.29, 1.82) is 0 Å². The van der Waals surface area contributed by atoms with E-state index in [0.29, 0.717) is 11.3 Å². The number of hydrogen-bond donors (Lipinski definition) is 0. The summed E-state index contributed by atoms with van der Waals surface area (Å²) in [6.45, 7) is 0. The number of furan rings is 1. The second-order valence-corrected chi connectivity index (χ2v) is 10.1. The summed E-state index contributed by atoms with van der Waals surface area (Å²) < 4.78 is 8.19. The minimum absolute atomic E-state index is 0.592. The van der Waals surface area contributed by atoms with Gasteiger partial charge in [-0.05, 0) is 42.5 Å². The normalized spacial score (nSPS) is 12.1. The van der Waals surface area contributed by atoms with Crippen LogP contribution in [0.25, 0.3) is 81.6 Å². The SMILES string of the molecule is c1cnc2oc3c(-c4cnc5sc6ncc(-n7c8cccnc8c8nccnc87)cc6c5c4)nccc3c2c1. The van der Waals surface area contributed by atoms with Crippen molar-refractivity contribution >= 4 is 76.0 Å². The summed E-state index contributed by atoms with van der Waals surface area (Å²) in [7, 11) is 0. The first-order chi connectivity index (χ1) is 19.3. The maximum Gasteiger partial charge on any atom is 0.227 e. The van der Waals surface area contributed by atoms with Crippen LogP contribution in [0.3, 0.4) is 0 Å². The first-order valence-electron chi connectivity index (χ1n) is 12.2. The Labute approximate surface area is 222 Å². The van der Waals surface area contributed by atoms with Crippen molar-refractivity contribution in [2.24, 2.45) is 0 Å². The van der Waals surface area contributed by atoms with Crippen LogP contribution < -0.4 is 0 Å². The molecule has 9 aromatic rings. The van der Waals surface area contributed by atoms with Gasteiger partial charge in [0, 0.05) is 64.3 Å². The maximum atomic E-state index is 6.14. The highest BCUT2D eigenvalue weighted by atomic mass is 32.1. The molecule has 0 bridgehead atoms. The summed E-state index contributed by atoms with van der Waals surface area (Å²) in [6, 6.07) is 14.1. The van der Waals surface area contributed by atoms with Crippen molar-refractivity contribution in [3.63, 3.8) is 0 Å². The van der Waals surface area contributed by atoms with Crippen LogP contribution in [0.15, 0.2) is 90.3 Å². The van der Waals surface area contributed by atoms with Gasteiger partial charge in [0.15, 0.2) is 11.2 Å². The van der Waals surface area contributed by atoms with Gasteiger partial charge in [-0.3, -0.25) is 14.5 Å². The number of thiophene rings is 1. The lowest BCUT2D eigenvalue weighted by Crippen LogP contribution is -1.96. The zero-order valence-corrected chi connectivity index (χ0v) is 20.8. The van der Waals surface area contributed by atoms with Crippen molar-refractivity contribution in [3.8, 4) is 16.9 Å². The van der Waals surface area contributed by atoms with Crippen LogP contribution in [-0.2, 0) is 0 Å². The molecule has 0 N–H and O–H groups in total. The summed E-state index contributed by atoms with van der Waals surface area (Å²) in [5.41, 5.74) is 6.98. The van der Waals surface area contributed by atoms with Gasteiger partial charge < -0.3 is 4.42 Å². The first kappa shape index (κ1) is 20.7. The molecule has 0 spiro atoms. The summed E-state index contributed by atoms with van der Waals surface area (Å²) in [5, 5.41) is 3.94. The van der Waals surface area contributed by atoms with Crippen molar-refractivity contribution in [3.05, 3.63) is 85.8 Å². The van der Waals surface area contributed by atoms with Gasteiger partial charge in [0.25, 0.3) is 0 Å². The predicted octanol–water partition coefficient (Wildman–Crippen LogP) is 6.48. The van der Waals surface area contributed by atoms with Crippen LogP contribution in [0, 0.1) is 0 Å². The van der Waals surface area contributed by atoms with Gasteiger partial charge in [0.1, 0.15) is 26.4 Å². The second-order valence-electron chi connectivity index (χ2n) is 9.15. The van der Waals surface area contributed by atoms with E-state index in [4.69, 9.17) is 14.4 Å². The topological polar surface area (TPSA) is 108 Å². The zero-order chi connectivity index (χ0) is 25.5. The summed E-state index contributed by atoms with van der Waals surface area (Å²) >= 11 is 1.56. The Morgan fingerprint density at radius 3 is 2.44 bits per heavy atom. The molecule has 0 aliphatic carbocycles. The number of hydrogen-bond acceptors (Lipinski definition) is 9. The number of nitrogens with zero attached hydrogens (tertiary/aromatic N) is 8. The van der Waals surface area contributed by atoms with E-state index in [9.17, 15) is 0 Å². The Hall–Kier alpha value is -5.35. The highest BCUT2D eigenvalue weighted by Gasteiger charge is 2.19. The molecule has 0 radical (unpaired) electrons. The van der Waals surface area contributed by atoms with Crippen LogP contribution in [-0.4, -0.2) is 39.5 Å². The van der Waals surface area contributed by atoms with Crippen molar-refractivity contribution in [1.82, 2.24) is 39.5 Å². The van der Waals surface area contributed by atoms with E-state index in [2.05, 4.69) is 41.6 Å². The Balaban J connectivity index is 1.29. The quantitative estimate of drug-likeness (QED) is 0.254. The number of fused-ring (bicyclic) bond motifs is 9. The van der Waals surface area contributed by atoms with Gasteiger partial charge in [-0.1, -0.05) is 11.3 Å². The van der Waals surface area contributed by atoms with Gasteiger partial charge in [0.05, 0.1) is 17.4 Å². The molecule has 39 heavy (non-hydrogen) atoms. The van der Waals surface area contributed by atoms with E-state index in [-0.39, 0.29) is 0 Å². The lowest BCUT2D eigenvalue weighted by Gasteiger charge is -2.06. The predicted molar refractivity (Wildman–Crippen MR) is 151 cm³/mol. The van der Waals surface area contributed by atoms with E-state index >= 15 is 0 Å². The lowest BCUT2D eigenvalue weighted by atomic mass is 10.1.